The van der Waals surface area contributed by atoms with Crippen LogP contribution in [0.2, 0.25) is 5.15 Å². The molecule has 2 unspecified atom stereocenters. The number of nitrogens with one attached hydrogen (secondary N) is 2. The van der Waals surface area contributed by atoms with E-state index in [1.165, 1.54) is 24.4 Å². The predicted octanol–water partition coefficient (Wildman–Crippen LogP) is 4.78. The second-order valence-electron chi connectivity index (χ2n) is 7.44. The third-order valence-corrected chi connectivity index (χ3v) is 8.00. The van der Waals surface area contributed by atoms with Gasteiger partial charge in [0.2, 0.25) is 10.0 Å². The van der Waals surface area contributed by atoms with E-state index in [-0.39, 0.29) is 28.5 Å². The van der Waals surface area contributed by atoms with Crippen LogP contribution in [0.25, 0.3) is 0 Å². The van der Waals surface area contributed by atoms with Gasteiger partial charge < -0.3 is 5.32 Å². The summed E-state index contributed by atoms with van der Waals surface area (Å²) in [6.45, 7) is 4.48. The molecule has 4 rings (SSSR count). The number of rotatable bonds is 5. The Labute approximate surface area is 182 Å². The first kappa shape index (κ1) is 20.8. The molecule has 2 N–H and O–H groups in total. The summed E-state index contributed by atoms with van der Waals surface area (Å²) in [4.78, 5) is 3.88. The van der Waals surface area contributed by atoms with Crippen molar-refractivity contribution in [1.29, 1.82) is 0 Å². The molecule has 1 aliphatic heterocycles. The van der Waals surface area contributed by atoms with Crippen LogP contribution in [0.1, 0.15) is 31.2 Å². The van der Waals surface area contributed by atoms with Crippen LogP contribution in [0.3, 0.4) is 0 Å². The molecule has 0 bridgehead atoms. The molecule has 2 atom stereocenters. The standard InChI is InChI=1S/C20H20BrClFN3O2S/c1-12-3-2-4-17-20(12,15-9-13(21)10-16(23)19(15)26-17)7-8-25-29(27,28)14-5-6-18(22)24-11-14/h5-6,9-11,17,25-26H,1-4,7-8H2. The number of pyridine rings is 1. The molecule has 1 saturated carbocycles. The maximum Gasteiger partial charge on any atom is 0.242 e. The van der Waals surface area contributed by atoms with Crippen LogP contribution in [0, 0.1) is 5.82 Å². The van der Waals surface area contributed by atoms with E-state index < -0.39 is 15.4 Å². The van der Waals surface area contributed by atoms with Gasteiger partial charge in [-0.2, -0.15) is 0 Å². The summed E-state index contributed by atoms with van der Waals surface area (Å²) < 4.78 is 43.1. The quantitative estimate of drug-likeness (QED) is 0.458. The SMILES string of the molecule is C=C1CCCC2Nc3c(F)cc(Br)cc3C12CCNS(=O)(=O)c1ccc(Cl)nc1. The topological polar surface area (TPSA) is 71.1 Å². The van der Waals surface area contributed by atoms with E-state index in [0.29, 0.717) is 16.6 Å². The second kappa shape index (κ2) is 7.65. The summed E-state index contributed by atoms with van der Waals surface area (Å²) >= 11 is 9.13. The lowest BCUT2D eigenvalue weighted by atomic mass is 9.63. The molecule has 29 heavy (non-hydrogen) atoms. The van der Waals surface area contributed by atoms with Crippen molar-refractivity contribution in [3.63, 3.8) is 0 Å². The highest BCUT2D eigenvalue weighted by Crippen LogP contribution is 2.54. The second-order valence-corrected chi connectivity index (χ2v) is 10.5. The first-order valence-corrected chi connectivity index (χ1v) is 11.9. The molecule has 1 aromatic heterocycles. The Balaban J connectivity index is 1.62. The minimum absolute atomic E-state index is 0.00995. The van der Waals surface area contributed by atoms with Gasteiger partial charge >= 0.3 is 0 Å². The van der Waals surface area contributed by atoms with Gasteiger partial charge in [-0.25, -0.2) is 22.5 Å². The van der Waals surface area contributed by atoms with Crippen molar-refractivity contribution in [2.75, 3.05) is 11.9 Å². The fraction of sp³-hybridized carbons (Fsp3) is 0.350. The van der Waals surface area contributed by atoms with E-state index in [1.807, 2.05) is 6.07 Å². The maximum atomic E-state index is 14.6. The van der Waals surface area contributed by atoms with E-state index in [4.69, 9.17) is 11.6 Å². The lowest BCUT2D eigenvalue weighted by Crippen LogP contribution is -2.45. The molecule has 1 aliphatic carbocycles. The Bertz CT molecular complexity index is 1080. The number of benzene rings is 1. The summed E-state index contributed by atoms with van der Waals surface area (Å²) in [6, 6.07) is 6.20. The Kier molecular flexibility index (Phi) is 5.48. The number of halogens is 3. The average Bonchev–Trinajstić information content (AvgIpc) is 2.98. The molecule has 1 aromatic carbocycles. The van der Waals surface area contributed by atoms with Crippen LogP contribution in [-0.4, -0.2) is 26.0 Å². The molecule has 5 nitrogen and oxygen atoms in total. The van der Waals surface area contributed by atoms with Crippen molar-refractivity contribution < 1.29 is 12.8 Å². The normalized spacial score (nSPS) is 23.4. The minimum Gasteiger partial charge on any atom is -0.378 e. The van der Waals surface area contributed by atoms with E-state index in [1.54, 1.807) is 0 Å². The summed E-state index contributed by atoms with van der Waals surface area (Å²) in [5.41, 5.74) is 1.82. The lowest BCUT2D eigenvalue weighted by Gasteiger charge is -2.42. The van der Waals surface area contributed by atoms with Gasteiger partial charge in [-0.15, -0.1) is 0 Å². The van der Waals surface area contributed by atoms with Gasteiger partial charge in [0.25, 0.3) is 0 Å². The number of anilines is 1. The molecule has 0 spiro atoms. The molecule has 0 saturated heterocycles. The van der Waals surface area contributed by atoms with Crippen molar-refractivity contribution in [3.05, 3.63) is 63.6 Å². The zero-order valence-corrected chi connectivity index (χ0v) is 18.7. The summed E-state index contributed by atoms with van der Waals surface area (Å²) in [7, 11) is -3.73. The minimum atomic E-state index is -3.73. The third-order valence-electron chi connectivity index (χ3n) is 5.87. The van der Waals surface area contributed by atoms with Gasteiger partial charge in [-0.05, 0) is 55.5 Å². The Hall–Kier alpha value is -1.48. The van der Waals surface area contributed by atoms with Gasteiger partial charge in [0.15, 0.2) is 0 Å². The van der Waals surface area contributed by atoms with E-state index >= 15 is 0 Å². The van der Waals surface area contributed by atoms with Crippen LogP contribution in [0.15, 0.2) is 52.0 Å². The average molecular weight is 501 g/mol. The fourth-order valence-electron chi connectivity index (χ4n) is 4.53. The monoisotopic (exact) mass is 499 g/mol. The smallest absolute Gasteiger partial charge is 0.242 e. The summed E-state index contributed by atoms with van der Waals surface area (Å²) in [6.07, 6.45) is 4.38. The summed E-state index contributed by atoms with van der Waals surface area (Å²) in [5.74, 6) is -0.316. The van der Waals surface area contributed by atoms with Crippen molar-refractivity contribution in [1.82, 2.24) is 9.71 Å². The van der Waals surface area contributed by atoms with Gasteiger partial charge in [-0.3, -0.25) is 0 Å². The van der Waals surface area contributed by atoms with Gasteiger partial charge in [0.1, 0.15) is 15.9 Å². The highest BCUT2D eigenvalue weighted by molar-refractivity contribution is 9.10. The fourth-order valence-corrected chi connectivity index (χ4v) is 6.05. The van der Waals surface area contributed by atoms with Crippen molar-refractivity contribution in [2.24, 2.45) is 0 Å². The first-order chi connectivity index (χ1) is 13.7. The Morgan fingerprint density at radius 1 is 1.41 bits per heavy atom. The number of nitrogens with zero attached hydrogens (tertiary/aromatic N) is 1. The molecule has 2 aromatic rings. The van der Waals surface area contributed by atoms with Gasteiger partial charge in [0, 0.05) is 28.7 Å². The molecule has 2 aliphatic rings. The highest BCUT2D eigenvalue weighted by atomic mass is 79.9. The number of aromatic nitrogens is 1. The van der Waals surface area contributed by atoms with Gasteiger partial charge in [0.05, 0.1) is 5.69 Å². The zero-order valence-electron chi connectivity index (χ0n) is 15.5. The Morgan fingerprint density at radius 2 is 2.21 bits per heavy atom. The van der Waals surface area contributed by atoms with E-state index in [9.17, 15) is 12.8 Å². The Morgan fingerprint density at radius 3 is 2.93 bits per heavy atom. The van der Waals surface area contributed by atoms with Crippen LogP contribution in [0.5, 0.6) is 0 Å². The largest absolute Gasteiger partial charge is 0.378 e. The lowest BCUT2D eigenvalue weighted by molar-refractivity contribution is 0.344. The van der Waals surface area contributed by atoms with Crippen LogP contribution in [-0.2, 0) is 15.4 Å². The molecule has 0 amide bonds. The number of hydrogen-bond donors (Lipinski definition) is 2. The van der Waals surface area contributed by atoms with Crippen molar-refractivity contribution in [3.8, 4) is 0 Å². The molecular formula is C20H20BrClFN3O2S. The maximum absolute atomic E-state index is 14.6. The van der Waals surface area contributed by atoms with Crippen molar-refractivity contribution >= 4 is 43.2 Å². The highest BCUT2D eigenvalue weighted by Gasteiger charge is 2.50. The molecular weight excluding hydrogens is 481 g/mol. The number of fused-ring (bicyclic) bond motifs is 3. The number of hydrogen-bond acceptors (Lipinski definition) is 4. The first-order valence-electron chi connectivity index (χ1n) is 9.29. The summed E-state index contributed by atoms with van der Waals surface area (Å²) in [5, 5.41) is 3.56. The van der Waals surface area contributed by atoms with Crippen molar-refractivity contribution in [2.45, 2.75) is 42.0 Å². The molecule has 9 heteroatoms. The third kappa shape index (κ3) is 3.60. The predicted molar refractivity (Wildman–Crippen MR) is 115 cm³/mol. The molecule has 154 valence electrons. The zero-order chi connectivity index (χ0) is 20.8. The molecule has 1 fully saturated rings. The van der Waals surface area contributed by atoms with Crippen LogP contribution >= 0.6 is 27.5 Å². The molecule has 0 radical (unpaired) electrons. The molecule has 2 heterocycles. The number of sulfonamides is 1. The van der Waals surface area contributed by atoms with Crippen LogP contribution in [0.4, 0.5) is 10.1 Å². The van der Waals surface area contributed by atoms with Crippen LogP contribution < -0.4 is 10.0 Å². The van der Waals surface area contributed by atoms with Gasteiger partial charge in [-0.1, -0.05) is 39.7 Å². The van der Waals surface area contributed by atoms with E-state index in [0.717, 1.165) is 30.4 Å². The van der Waals surface area contributed by atoms with E-state index in [2.05, 4.69) is 37.5 Å².